The molecule has 0 spiro atoms. The van der Waals surface area contributed by atoms with Crippen LogP contribution in [0.25, 0.3) is 0 Å². The van der Waals surface area contributed by atoms with E-state index in [1.165, 1.54) is 12.8 Å². The Morgan fingerprint density at radius 2 is 1.62 bits per heavy atom. The van der Waals surface area contributed by atoms with Crippen LogP contribution in [0.2, 0.25) is 0 Å². The van der Waals surface area contributed by atoms with Gasteiger partial charge in [-0.2, -0.15) is 6.42 Å². The summed E-state index contributed by atoms with van der Waals surface area (Å²) in [5.74, 6) is 0. The predicted molar refractivity (Wildman–Crippen MR) is 37.7 cm³/mol. The van der Waals surface area contributed by atoms with Crippen molar-refractivity contribution in [2.24, 2.45) is 0 Å². The molecule has 0 aromatic rings. The minimum atomic E-state index is 0. The van der Waals surface area contributed by atoms with Gasteiger partial charge in [0, 0.05) is 22.4 Å². The molecule has 53 valence electrons. The molecule has 0 aromatic carbocycles. The molecule has 0 saturated heterocycles. The van der Waals surface area contributed by atoms with Gasteiger partial charge in [-0.15, -0.1) is 0 Å². The SMILES string of the molecule is [CH2-]CCCC.[CH3-].[CH3-].[Ta]. The Labute approximate surface area is 70.6 Å². The van der Waals surface area contributed by atoms with Crippen molar-refractivity contribution in [2.75, 3.05) is 0 Å². The zero-order valence-electron chi connectivity index (χ0n) is 6.28. The van der Waals surface area contributed by atoms with Gasteiger partial charge in [-0.3, -0.25) is 0 Å². The number of hydrogen-bond acceptors (Lipinski definition) is 0. The van der Waals surface area contributed by atoms with E-state index < -0.39 is 0 Å². The van der Waals surface area contributed by atoms with Gasteiger partial charge in [0.05, 0.1) is 0 Å². The monoisotopic (exact) mass is 282 g/mol. The van der Waals surface area contributed by atoms with Crippen LogP contribution in [-0.4, -0.2) is 0 Å². The van der Waals surface area contributed by atoms with Crippen LogP contribution in [0.4, 0.5) is 0 Å². The van der Waals surface area contributed by atoms with Crippen LogP contribution in [0, 0.1) is 21.8 Å². The van der Waals surface area contributed by atoms with Crippen molar-refractivity contribution in [1.82, 2.24) is 0 Å². The summed E-state index contributed by atoms with van der Waals surface area (Å²) in [4.78, 5) is 0. The normalized spacial score (nSPS) is 5.25. The van der Waals surface area contributed by atoms with E-state index in [1.807, 2.05) is 0 Å². The van der Waals surface area contributed by atoms with Crippen molar-refractivity contribution in [1.29, 1.82) is 0 Å². The van der Waals surface area contributed by atoms with E-state index in [0.717, 1.165) is 6.42 Å². The predicted octanol–water partition coefficient (Wildman–Crippen LogP) is 2.91. The number of rotatable bonds is 2. The molecule has 0 bridgehead atoms. The molecule has 0 rings (SSSR count). The quantitative estimate of drug-likeness (QED) is 0.683. The second kappa shape index (κ2) is 25.1. The third-order valence-corrected chi connectivity index (χ3v) is 0.604. The molecule has 8 heavy (non-hydrogen) atoms. The van der Waals surface area contributed by atoms with Crippen LogP contribution < -0.4 is 0 Å². The summed E-state index contributed by atoms with van der Waals surface area (Å²) in [6.45, 7) is 5.85. The van der Waals surface area contributed by atoms with Gasteiger partial charge < -0.3 is 21.8 Å². The smallest absolute Gasteiger partial charge is 0 e. The fourth-order valence-corrected chi connectivity index (χ4v) is 0.250. The van der Waals surface area contributed by atoms with E-state index in [-0.39, 0.29) is 37.2 Å². The molecular weight excluding hydrogens is 265 g/mol. The molecule has 0 aliphatic rings. The molecule has 1 heteroatoms. The average Bonchev–Trinajstić information content (AvgIpc) is 1.41. The zero-order valence-corrected chi connectivity index (χ0v) is 9.49. The van der Waals surface area contributed by atoms with Crippen LogP contribution in [0.5, 0.6) is 0 Å². The van der Waals surface area contributed by atoms with E-state index in [4.69, 9.17) is 0 Å². The van der Waals surface area contributed by atoms with E-state index in [0.29, 0.717) is 0 Å². The molecule has 0 heterocycles. The maximum Gasteiger partial charge on any atom is 0 e. The van der Waals surface area contributed by atoms with Crippen LogP contribution >= 0.6 is 0 Å². The third-order valence-electron chi connectivity index (χ3n) is 0.604. The van der Waals surface area contributed by atoms with Gasteiger partial charge in [0.1, 0.15) is 0 Å². The van der Waals surface area contributed by atoms with Gasteiger partial charge in [-0.05, 0) is 0 Å². The molecule has 0 nitrogen and oxygen atoms in total. The Hall–Kier alpha value is 0.740. The first-order valence-corrected chi connectivity index (χ1v) is 2.21. The average molecular weight is 282 g/mol. The van der Waals surface area contributed by atoms with Crippen molar-refractivity contribution in [3.8, 4) is 0 Å². The van der Waals surface area contributed by atoms with E-state index in [1.54, 1.807) is 0 Å². The van der Waals surface area contributed by atoms with E-state index >= 15 is 0 Å². The van der Waals surface area contributed by atoms with Gasteiger partial charge in [0.15, 0.2) is 0 Å². The molecule has 0 aromatic heterocycles. The summed E-state index contributed by atoms with van der Waals surface area (Å²) in [5.41, 5.74) is 0. The Morgan fingerprint density at radius 1 is 1.25 bits per heavy atom. The summed E-state index contributed by atoms with van der Waals surface area (Å²) in [6.07, 6.45) is 3.65. The minimum absolute atomic E-state index is 0. The first-order chi connectivity index (χ1) is 2.41. The van der Waals surface area contributed by atoms with Crippen molar-refractivity contribution in [3.63, 3.8) is 0 Å². The molecule has 0 aliphatic heterocycles. The molecule has 0 fully saturated rings. The molecular formula is C7H17Ta-3. The maximum absolute atomic E-state index is 3.68. The van der Waals surface area contributed by atoms with Gasteiger partial charge >= 0.3 is 0 Å². The van der Waals surface area contributed by atoms with Crippen LogP contribution in [-0.2, 0) is 22.4 Å². The Bertz CT molecular complexity index is 11.9. The van der Waals surface area contributed by atoms with Crippen molar-refractivity contribution < 1.29 is 22.4 Å². The molecule has 0 unspecified atom stereocenters. The van der Waals surface area contributed by atoms with Crippen LogP contribution in [0.15, 0.2) is 0 Å². The molecule has 0 amide bonds. The van der Waals surface area contributed by atoms with Crippen LogP contribution in [0.1, 0.15) is 26.2 Å². The summed E-state index contributed by atoms with van der Waals surface area (Å²) < 4.78 is 0. The second-order valence-electron chi connectivity index (χ2n) is 1.21. The summed E-state index contributed by atoms with van der Waals surface area (Å²) >= 11 is 0. The topological polar surface area (TPSA) is 0 Å². The Kier molecular flexibility index (Phi) is 73.2. The number of unbranched alkanes of at least 4 members (excludes halogenated alkanes) is 2. The van der Waals surface area contributed by atoms with Crippen molar-refractivity contribution in [3.05, 3.63) is 21.8 Å². The summed E-state index contributed by atoms with van der Waals surface area (Å²) in [7, 11) is 0. The largest absolute Gasteiger partial charge is 0.358 e. The van der Waals surface area contributed by atoms with Crippen molar-refractivity contribution >= 4 is 0 Å². The fraction of sp³-hybridized carbons (Fsp3) is 0.571. The first-order valence-electron chi connectivity index (χ1n) is 2.21. The van der Waals surface area contributed by atoms with Gasteiger partial charge in [-0.1, -0.05) is 19.8 Å². The number of hydrogen-bond donors (Lipinski definition) is 0. The zero-order chi connectivity index (χ0) is 4.12. The minimum Gasteiger partial charge on any atom is -0.358 e. The van der Waals surface area contributed by atoms with E-state index in [2.05, 4.69) is 13.8 Å². The molecule has 0 N–H and O–H groups in total. The maximum atomic E-state index is 3.68. The van der Waals surface area contributed by atoms with Crippen LogP contribution in [0.3, 0.4) is 0 Å². The summed E-state index contributed by atoms with van der Waals surface area (Å²) in [6, 6.07) is 0. The Morgan fingerprint density at radius 3 is 1.62 bits per heavy atom. The van der Waals surface area contributed by atoms with Crippen molar-refractivity contribution in [2.45, 2.75) is 26.2 Å². The second-order valence-corrected chi connectivity index (χ2v) is 1.21. The van der Waals surface area contributed by atoms with Gasteiger partial charge in [-0.25, -0.2) is 0 Å². The molecule has 0 atom stereocenters. The summed E-state index contributed by atoms with van der Waals surface area (Å²) in [5, 5.41) is 0. The van der Waals surface area contributed by atoms with Gasteiger partial charge in [0.2, 0.25) is 0 Å². The molecule has 0 aliphatic carbocycles. The first kappa shape index (κ1) is 23.3. The third kappa shape index (κ3) is 29.6. The molecule has 1 radical (unpaired) electrons. The van der Waals surface area contributed by atoms with Gasteiger partial charge in [0.25, 0.3) is 0 Å². The standard InChI is InChI=1S/C5H11.2CH3.Ta/c1-3-5-4-2;;;/h1,3-5H2,2H3;2*1H3;/q3*-1;. The van der Waals surface area contributed by atoms with E-state index in [9.17, 15) is 0 Å². The molecule has 0 saturated carbocycles. The fourth-order valence-electron chi connectivity index (χ4n) is 0.250. The Balaban J connectivity index is -0.0000000267.